The molecule has 0 saturated carbocycles. The second-order valence-electron chi connectivity index (χ2n) is 6.99. The lowest BCUT2D eigenvalue weighted by atomic mass is 10.1. The van der Waals surface area contributed by atoms with Gasteiger partial charge in [0.05, 0.1) is 5.92 Å². The first-order valence-electron chi connectivity index (χ1n) is 9.10. The molecule has 1 atom stereocenters. The molecule has 2 aliphatic rings. The second-order valence-corrected chi connectivity index (χ2v) is 6.99. The van der Waals surface area contributed by atoms with Crippen LogP contribution in [0, 0.1) is 19.8 Å². The highest BCUT2D eigenvalue weighted by atomic mass is 16.6. The number of amides is 2. The third-order valence-corrected chi connectivity index (χ3v) is 5.01. The molecule has 0 radical (unpaired) electrons. The van der Waals surface area contributed by atoms with Gasteiger partial charge in [0, 0.05) is 30.4 Å². The van der Waals surface area contributed by atoms with E-state index >= 15 is 0 Å². The lowest BCUT2D eigenvalue weighted by Crippen LogP contribution is -2.29. The Morgan fingerprint density at radius 2 is 1.78 bits per heavy atom. The third-order valence-electron chi connectivity index (χ3n) is 5.01. The van der Waals surface area contributed by atoms with Crippen LogP contribution >= 0.6 is 0 Å². The van der Waals surface area contributed by atoms with Gasteiger partial charge in [-0.2, -0.15) is 0 Å². The van der Waals surface area contributed by atoms with Gasteiger partial charge in [0.2, 0.25) is 11.8 Å². The Labute approximate surface area is 158 Å². The molecule has 6 heteroatoms. The van der Waals surface area contributed by atoms with Crippen molar-refractivity contribution in [1.29, 1.82) is 0 Å². The molecule has 0 spiro atoms. The van der Waals surface area contributed by atoms with Crippen molar-refractivity contribution >= 4 is 23.2 Å². The fraction of sp³-hybridized carbons (Fsp3) is 0.333. The van der Waals surface area contributed by atoms with E-state index in [2.05, 4.69) is 5.32 Å². The van der Waals surface area contributed by atoms with Crippen LogP contribution in [0.3, 0.4) is 0 Å². The Morgan fingerprint density at radius 3 is 2.52 bits per heavy atom. The number of fused-ring (bicyclic) bond motifs is 1. The van der Waals surface area contributed by atoms with Gasteiger partial charge in [-0.1, -0.05) is 18.2 Å². The predicted molar refractivity (Wildman–Crippen MR) is 102 cm³/mol. The highest BCUT2D eigenvalue weighted by molar-refractivity contribution is 6.04. The fourth-order valence-corrected chi connectivity index (χ4v) is 3.70. The van der Waals surface area contributed by atoms with Gasteiger partial charge in [0.15, 0.2) is 11.5 Å². The first-order valence-corrected chi connectivity index (χ1v) is 9.10. The van der Waals surface area contributed by atoms with Crippen LogP contribution in [-0.4, -0.2) is 31.6 Å². The Kier molecular flexibility index (Phi) is 4.48. The number of para-hydroxylation sites is 1. The summed E-state index contributed by atoms with van der Waals surface area (Å²) in [5.41, 5.74) is 3.63. The molecule has 1 fully saturated rings. The standard InChI is InChI=1S/C21H22N2O4/c1-13-4-3-5-14(2)20(13)23-12-15(10-19(23)24)21(25)22-16-6-7-17-18(11-16)27-9-8-26-17/h3-7,11,15H,8-10,12H2,1-2H3,(H,22,25). The summed E-state index contributed by atoms with van der Waals surface area (Å²) in [6.07, 6.45) is 0.212. The molecule has 4 rings (SSSR count). The van der Waals surface area contributed by atoms with Gasteiger partial charge in [-0.05, 0) is 37.1 Å². The summed E-state index contributed by atoms with van der Waals surface area (Å²) in [5.74, 6) is 0.739. The molecule has 0 bridgehead atoms. The smallest absolute Gasteiger partial charge is 0.229 e. The van der Waals surface area contributed by atoms with Crippen molar-refractivity contribution in [3.63, 3.8) is 0 Å². The molecular formula is C21H22N2O4. The average molecular weight is 366 g/mol. The Bertz CT molecular complexity index is 889. The average Bonchev–Trinajstić information content (AvgIpc) is 3.03. The van der Waals surface area contributed by atoms with Gasteiger partial charge in [-0.3, -0.25) is 9.59 Å². The van der Waals surface area contributed by atoms with Crippen molar-refractivity contribution in [1.82, 2.24) is 0 Å². The minimum atomic E-state index is -0.385. The van der Waals surface area contributed by atoms with Gasteiger partial charge in [0.1, 0.15) is 13.2 Å². The fourth-order valence-electron chi connectivity index (χ4n) is 3.70. The molecule has 1 saturated heterocycles. The number of benzene rings is 2. The first kappa shape index (κ1) is 17.4. The van der Waals surface area contributed by atoms with Crippen LogP contribution in [0.25, 0.3) is 0 Å². The Balaban J connectivity index is 1.48. The van der Waals surface area contributed by atoms with Crippen molar-refractivity contribution in [2.45, 2.75) is 20.3 Å². The predicted octanol–water partition coefficient (Wildman–Crippen LogP) is 3.07. The van der Waals surface area contributed by atoms with Crippen LogP contribution in [0.5, 0.6) is 11.5 Å². The van der Waals surface area contributed by atoms with E-state index in [1.807, 2.05) is 32.0 Å². The number of aryl methyl sites for hydroxylation is 2. The molecule has 2 heterocycles. The number of nitrogens with one attached hydrogen (secondary N) is 1. The summed E-state index contributed by atoms with van der Waals surface area (Å²) in [6.45, 7) is 5.38. The van der Waals surface area contributed by atoms with Crippen molar-refractivity contribution in [3.8, 4) is 11.5 Å². The zero-order valence-electron chi connectivity index (χ0n) is 15.5. The second kappa shape index (κ2) is 6.95. The number of hydrogen-bond acceptors (Lipinski definition) is 4. The van der Waals surface area contributed by atoms with E-state index in [0.717, 1.165) is 16.8 Å². The summed E-state index contributed by atoms with van der Waals surface area (Å²) >= 11 is 0. The maximum Gasteiger partial charge on any atom is 0.229 e. The van der Waals surface area contributed by atoms with Crippen molar-refractivity contribution in [2.24, 2.45) is 5.92 Å². The lowest BCUT2D eigenvalue weighted by Gasteiger charge is -2.21. The van der Waals surface area contributed by atoms with Crippen LogP contribution < -0.4 is 19.7 Å². The summed E-state index contributed by atoms with van der Waals surface area (Å²) < 4.78 is 11.0. The highest BCUT2D eigenvalue weighted by Crippen LogP contribution is 2.34. The van der Waals surface area contributed by atoms with E-state index in [4.69, 9.17) is 9.47 Å². The third kappa shape index (κ3) is 3.35. The Morgan fingerprint density at radius 1 is 1.07 bits per heavy atom. The first-order chi connectivity index (χ1) is 13.0. The van der Waals surface area contributed by atoms with Crippen LogP contribution in [0.4, 0.5) is 11.4 Å². The summed E-state index contributed by atoms with van der Waals surface area (Å²) in [4.78, 5) is 27.0. The van der Waals surface area contributed by atoms with E-state index < -0.39 is 0 Å². The molecule has 2 amide bonds. The molecule has 0 aromatic heterocycles. The molecule has 140 valence electrons. The quantitative estimate of drug-likeness (QED) is 0.907. The van der Waals surface area contributed by atoms with Gasteiger partial charge < -0.3 is 19.7 Å². The topological polar surface area (TPSA) is 67.9 Å². The molecule has 2 aliphatic heterocycles. The SMILES string of the molecule is Cc1cccc(C)c1N1CC(C(=O)Nc2ccc3c(c2)OCCO3)CC1=O. The molecule has 2 aromatic rings. The molecule has 27 heavy (non-hydrogen) atoms. The molecule has 1 unspecified atom stereocenters. The number of rotatable bonds is 3. The number of ether oxygens (including phenoxy) is 2. The molecule has 1 N–H and O–H groups in total. The minimum Gasteiger partial charge on any atom is -0.486 e. The van der Waals surface area contributed by atoms with Gasteiger partial charge in [0.25, 0.3) is 0 Å². The van der Waals surface area contributed by atoms with Crippen LogP contribution in [0.15, 0.2) is 36.4 Å². The van der Waals surface area contributed by atoms with Crippen molar-refractivity contribution in [2.75, 3.05) is 30.0 Å². The molecule has 0 aliphatic carbocycles. The zero-order valence-corrected chi connectivity index (χ0v) is 15.5. The largest absolute Gasteiger partial charge is 0.486 e. The van der Waals surface area contributed by atoms with E-state index in [1.165, 1.54) is 0 Å². The van der Waals surface area contributed by atoms with Crippen LogP contribution in [-0.2, 0) is 9.59 Å². The summed E-state index contributed by atoms with van der Waals surface area (Å²) in [6, 6.07) is 11.3. The summed E-state index contributed by atoms with van der Waals surface area (Å²) in [5, 5.41) is 2.90. The van der Waals surface area contributed by atoms with E-state index in [-0.39, 0.29) is 24.2 Å². The van der Waals surface area contributed by atoms with Crippen LogP contribution in [0.1, 0.15) is 17.5 Å². The van der Waals surface area contributed by atoms with Gasteiger partial charge >= 0.3 is 0 Å². The Hall–Kier alpha value is -3.02. The number of nitrogens with zero attached hydrogens (tertiary/aromatic N) is 1. The number of anilines is 2. The normalized spacial score (nSPS) is 18.5. The summed E-state index contributed by atoms with van der Waals surface area (Å²) in [7, 11) is 0. The monoisotopic (exact) mass is 366 g/mol. The number of carbonyl (C=O) groups is 2. The number of hydrogen-bond donors (Lipinski definition) is 1. The van der Waals surface area contributed by atoms with Crippen molar-refractivity contribution < 1.29 is 19.1 Å². The van der Waals surface area contributed by atoms with E-state index in [9.17, 15) is 9.59 Å². The van der Waals surface area contributed by atoms with E-state index in [0.29, 0.717) is 36.9 Å². The van der Waals surface area contributed by atoms with Crippen LogP contribution in [0.2, 0.25) is 0 Å². The highest BCUT2D eigenvalue weighted by Gasteiger charge is 2.36. The van der Waals surface area contributed by atoms with Gasteiger partial charge in [-0.15, -0.1) is 0 Å². The molecule has 2 aromatic carbocycles. The number of carbonyl (C=O) groups excluding carboxylic acids is 2. The molecule has 6 nitrogen and oxygen atoms in total. The maximum atomic E-state index is 12.7. The maximum absolute atomic E-state index is 12.7. The zero-order chi connectivity index (χ0) is 19.0. The molecular weight excluding hydrogens is 344 g/mol. The van der Waals surface area contributed by atoms with Gasteiger partial charge in [-0.25, -0.2) is 0 Å². The lowest BCUT2D eigenvalue weighted by molar-refractivity contribution is -0.122. The van der Waals surface area contributed by atoms with E-state index in [1.54, 1.807) is 23.1 Å². The minimum absolute atomic E-state index is 0.0188. The van der Waals surface area contributed by atoms with Crippen molar-refractivity contribution in [3.05, 3.63) is 47.5 Å².